The maximum absolute atomic E-state index is 12.5. The summed E-state index contributed by atoms with van der Waals surface area (Å²) in [6, 6.07) is 12.5. The molecule has 1 unspecified atom stereocenters. The molecule has 1 aliphatic carbocycles. The van der Waals surface area contributed by atoms with E-state index < -0.39 is 0 Å². The van der Waals surface area contributed by atoms with Crippen molar-refractivity contribution >= 4 is 16.9 Å². The highest BCUT2D eigenvalue weighted by Gasteiger charge is 2.37. The number of carbonyl (C=O) groups excluding carboxylic acids is 1. The van der Waals surface area contributed by atoms with Crippen LogP contribution in [0.1, 0.15) is 42.0 Å². The van der Waals surface area contributed by atoms with Gasteiger partial charge in [0.25, 0.3) is 5.91 Å². The lowest BCUT2D eigenvalue weighted by molar-refractivity contribution is -0.145. The summed E-state index contributed by atoms with van der Waals surface area (Å²) in [4.78, 5) is 24.2. The molecule has 3 aliphatic rings. The van der Waals surface area contributed by atoms with Crippen molar-refractivity contribution in [2.24, 2.45) is 0 Å². The molecule has 1 N–H and O–H groups in total. The number of aromatic amines is 1. The minimum Gasteiger partial charge on any atom is -0.494 e. The number of aromatic nitrogens is 4. The van der Waals surface area contributed by atoms with Gasteiger partial charge in [-0.2, -0.15) is 5.10 Å². The van der Waals surface area contributed by atoms with Crippen LogP contribution in [-0.2, 0) is 22.4 Å². The minimum absolute atomic E-state index is 0.120. The van der Waals surface area contributed by atoms with Gasteiger partial charge in [-0.1, -0.05) is 18.2 Å². The lowest BCUT2D eigenvalue weighted by atomic mass is 9.94. The van der Waals surface area contributed by atoms with Gasteiger partial charge in [-0.15, -0.1) is 0 Å². The second kappa shape index (κ2) is 8.95. The first-order valence-electron chi connectivity index (χ1n) is 13.1. The number of amides is 1. The number of benzene rings is 1. The second-order valence-electron chi connectivity index (χ2n) is 10.2. The molecule has 0 spiro atoms. The average Bonchev–Trinajstić information content (AvgIpc) is 3.68. The molecule has 8 heteroatoms. The zero-order valence-corrected chi connectivity index (χ0v) is 20.9. The van der Waals surface area contributed by atoms with Crippen molar-refractivity contribution in [3.05, 3.63) is 59.4 Å². The van der Waals surface area contributed by atoms with Crippen molar-refractivity contribution in [1.29, 1.82) is 0 Å². The average molecular weight is 496 g/mol. The molecular weight excluding hydrogens is 466 g/mol. The summed E-state index contributed by atoms with van der Waals surface area (Å²) in [6.45, 7) is 2.08. The van der Waals surface area contributed by atoms with Crippen LogP contribution in [0, 0.1) is 0 Å². The third kappa shape index (κ3) is 3.78. The van der Waals surface area contributed by atoms with Gasteiger partial charge in [-0.3, -0.25) is 14.9 Å². The molecule has 1 amide bonds. The Morgan fingerprint density at radius 3 is 2.84 bits per heavy atom. The van der Waals surface area contributed by atoms with Crippen LogP contribution in [0.25, 0.3) is 33.5 Å². The number of pyridine rings is 2. The summed E-state index contributed by atoms with van der Waals surface area (Å²) >= 11 is 0. The molecule has 8 nitrogen and oxygen atoms in total. The Hall–Kier alpha value is -3.78. The summed E-state index contributed by atoms with van der Waals surface area (Å²) in [6.07, 6.45) is 6.76. The first kappa shape index (κ1) is 22.4. The van der Waals surface area contributed by atoms with Gasteiger partial charge in [-0.25, -0.2) is 4.98 Å². The lowest BCUT2D eigenvalue weighted by Gasteiger charge is -2.40. The third-order valence-electron chi connectivity index (χ3n) is 8.00. The molecule has 7 rings (SSSR count). The molecule has 0 saturated carbocycles. The van der Waals surface area contributed by atoms with E-state index in [0.717, 1.165) is 70.7 Å². The number of methoxy groups -OCH3 is 1. The van der Waals surface area contributed by atoms with Crippen molar-refractivity contribution < 1.29 is 14.3 Å². The van der Waals surface area contributed by atoms with Crippen LogP contribution in [0.5, 0.6) is 5.75 Å². The van der Waals surface area contributed by atoms with E-state index in [0.29, 0.717) is 19.7 Å². The largest absolute Gasteiger partial charge is 0.494 e. The first-order valence-corrected chi connectivity index (χ1v) is 13.1. The fourth-order valence-corrected chi connectivity index (χ4v) is 5.93. The molecule has 37 heavy (non-hydrogen) atoms. The summed E-state index contributed by atoms with van der Waals surface area (Å²) in [5.74, 6) is 1.11. The molecule has 4 aromatic rings. The highest BCUT2D eigenvalue weighted by atomic mass is 16.5. The number of carbonyl (C=O) groups is 1. The van der Waals surface area contributed by atoms with E-state index >= 15 is 0 Å². The summed E-state index contributed by atoms with van der Waals surface area (Å²) in [5, 5.41) is 7.71. The number of hydrogen-bond donors (Lipinski definition) is 1. The zero-order valence-electron chi connectivity index (χ0n) is 20.9. The minimum atomic E-state index is -0.253. The molecule has 1 atom stereocenters. The van der Waals surface area contributed by atoms with Gasteiger partial charge in [0.15, 0.2) is 0 Å². The van der Waals surface area contributed by atoms with Gasteiger partial charge in [-0.05, 0) is 55.4 Å². The monoisotopic (exact) mass is 495 g/mol. The van der Waals surface area contributed by atoms with Crippen molar-refractivity contribution in [2.45, 2.75) is 44.1 Å². The van der Waals surface area contributed by atoms with E-state index in [2.05, 4.69) is 28.4 Å². The quantitative estimate of drug-likeness (QED) is 0.444. The lowest BCUT2D eigenvalue weighted by Crippen LogP contribution is -2.52. The van der Waals surface area contributed by atoms with Gasteiger partial charge >= 0.3 is 0 Å². The smallest absolute Gasteiger partial charge is 0.251 e. The maximum atomic E-state index is 12.5. The molecule has 0 radical (unpaired) electrons. The van der Waals surface area contributed by atoms with E-state index in [9.17, 15) is 4.79 Å². The van der Waals surface area contributed by atoms with Gasteiger partial charge in [0.1, 0.15) is 28.8 Å². The van der Waals surface area contributed by atoms with E-state index in [1.807, 2.05) is 29.3 Å². The van der Waals surface area contributed by atoms with Crippen molar-refractivity contribution in [1.82, 2.24) is 25.1 Å². The molecule has 2 saturated heterocycles. The van der Waals surface area contributed by atoms with Gasteiger partial charge in [0.05, 0.1) is 12.6 Å². The summed E-state index contributed by atoms with van der Waals surface area (Å²) < 4.78 is 11.3. The molecule has 5 heterocycles. The van der Waals surface area contributed by atoms with Crippen LogP contribution in [0.3, 0.4) is 0 Å². The Labute approximate surface area is 215 Å². The van der Waals surface area contributed by atoms with E-state index in [-0.39, 0.29) is 17.9 Å². The highest BCUT2D eigenvalue weighted by Crippen LogP contribution is 2.39. The predicted molar refractivity (Wildman–Crippen MR) is 139 cm³/mol. The van der Waals surface area contributed by atoms with E-state index in [1.165, 1.54) is 17.5 Å². The number of ether oxygens (including phenoxy) is 2. The number of aryl methyl sites for hydroxylation is 1. The Bertz CT molecular complexity index is 1480. The Morgan fingerprint density at radius 2 is 2.05 bits per heavy atom. The van der Waals surface area contributed by atoms with E-state index in [1.54, 1.807) is 7.11 Å². The molecule has 2 aliphatic heterocycles. The fraction of sp³-hybridized carbons (Fsp3) is 0.379. The standard InChI is InChI=1S/C29H29N5O3/c1-36-25-13-23-28(31-27(25)21-8-3-6-17-5-2-7-20(17)21)26(33-32-23)18-10-11-22(30-14-18)19-15-34(16-19)29(35)24-9-4-12-37-24/h3,6,8,10-11,13-14,19,24H,2,4-5,7,9,12,15-16H2,1H3,(H,32,33). The number of likely N-dealkylation sites (tertiary alicyclic amines) is 1. The zero-order chi connectivity index (χ0) is 24.9. The Balaban J connectivity index is 1.16. The fourth-order valence-electron chi connectivity index (χ4n) is 5.93. The van der Waals surface area contributed by atoms with Crippen LogP contribution in [0.15, 0.2) is 42.6 Å². The number of rotatable bonds is 5. The van der Waals surface area contributed by atoms with Crippen molar-refractivity contribution in [2.75, 3.05) is 26.8 Å². The van der Waals surface area contributed by atoms with Gasteiger partial charge in [0.2, 0.25) is 0 Å². The SMILES string of the molecule is COc1cc2[nH]nc(-c3ccc(C4CN(C(=O)C5CCCO5)C4)nc3)c2nc1-c1cccc2c1CCC2. The van der Waals surface area contributed by atoms with Crippen LogP contribution in [-0.4, -0.2) is 63.9 Å². The van der Waals surface area contributed by atoms with Gasteiger partial charge in [0, 0.05) is 54.7 Å². The van der Waals surface area contributed by atoms with Crippen molar-refractivity contribution in [3.8, 4) is 28.3 Å². The number of hydrogen-bond acceptors (Lipinski definition) is 6. The highest BCUT2D eigenvalue weighted by molar-refractivity contribution is 5.93. The van der Waals surface area contributed by atoms with Gasteiger partial charge < -0.3 is 14.4 Å². The molecule has 0 bridgehead atoms. The molecule has 1 aromatic carbocycles. The van der Waals surface area contributed by atoms with Crippen LogP contribution in [0.2, 0.25) is 0 Å². The third-order valence-corrected chi connectivity index (χ3v) is 8.00. The van der Waals surface area contributed by atoms with Crippen LogP contribution >= 0.6 is 0 Å². The predicted octanol–water partition coefficient (Wildman–Crippen LogP) is 4.29. The number of fused-ring (bicyclic) bond motifs is 2. The van der Waals surface area contributed by atoms with Crippen LogP contribution in [0.4, 0.5) is 0 Å². The van der Waals surface area contributed by atoms with Crippen LogP contribution < -0.4 is 4.74 Å². The summed E-state index contributed by atoms with van der Waals surface area (Å²) in [7, 11) is 1.69. The van der Waals surface area contributed by atoms with E-state index in [4.69, 9.17) is 19.4 Å². The number of nitrogens with one attached hydrogen (secondary N) is 1. The number of nitrogens with zero attached hydrogens (tertiary/aromatic N) is 4. The molecule has 188 valence electrons. The topological polar surface area (TPSA) is 93.2 Å². The molecule has 2 fully saturated rings. The van der Waals surface area contributed by atoms with Crippen molar-refractivity contribution in [3.63, 3.8) is 0 Å². The summed E-state index contributed by atoms with van der Waals surface area (Å²) in [5.41, 5.74) is 9.07. The Kier molecular flexibility index (Phi) is 5.43. The maximum Gasteiger partial charge on any atom is 0.251 e. The second-order valence-corrected chi connectivity index (χ2v) is 10.2. The normalized spacial score (nSPS) is 19.3. The first-order chi connectivity index (χ1) is 18.2. The molecular formula is C29H29N5O3. The molecule has 3 aromatic heterocycles. The Morgan fingerprint density at radius 1 is 1.14 bits per heavy atom. The number of H-pyrrole nitrogens is 1.